The Morgan fingerprint density at radius 3 is 2.40 bits per heavy atom. The third-order valence-electron chi connectivity index (χ3n) is 3.29. The van der Waals surface area contributed by atoms with Crippen LogP contribution in [0.1, 0.15) is 5.56 Å². The lowest BCUT2D eigenvalue weighted by atomic mass is 10.2. The summed E-state index contributed by atoms with van der Waals surface area (Å²) in [7, 11) is 0.260. The van der Waals surface area contributed by atoms with Gasteiger partial charge in [-0.3, -0.25) is 0 Å². The summed E-state index contributed by atoms with van der Waals surface area (Å²) in [6.45, 7) is 0. The van der Waals surface area contributed by atoms with Crippen LogP contribution in [0.3, 0.4) is 0 Å². The zero-order chi connectivity index (χ0) is 18.4. The molecule has 0 amide bonds. The predicted molar refractivity (Wildman–Crippen MR) is 92.1 cm³/mol. The number of ether oxygens (including phenoxy) is 3. The van der Waals surface area contributed by atoms with Gasteiger partial charge in [0.1, 0.15) is 16.4 Å². The molecule has 8 nitrogen and oxygen atoms in total. The van der Waals surface area contributed by atoms with Gasteiger partial charge >= 0.3 is 0 Å². The van der Waals surface area contributed by atoms with Crippen molar-refractivity contribution in [2.75, 3.05) is 21.3 Å². The Hall–Kier alpha value is -2.94. The molecule has 0 atom stereocenters. The minimum absolute atomic E-state index is 0.0946. The molecule has 0 heterocycles. The van der Waals surface area contributed by atoms with Crippen molar-refractivity contribution in [3.05, 3.63) is 42.0 Å². The predicted octanol–water partition coefficient (Wildman–Crippen LogP) is 1.73. The third-order valence-corrected chi connectivity index (χ3v) is 4.55. The van der Waals surface area contributed by atoms with Crippen molar-refractivity contribution in [2.24, 2.45) is 5.10 Å². The minimum Gasteiger partial charge on any atom is -0.504 e. The van der Waals surface area contributed by atoms with Crippen LogP contribution in [0, 0.1) is 0 Å². The Kier molecular flexibility index (Phi) is 5.71. The third kappa shape index (κ3) is 4.13. The fraction of sp³-hybridized carbons (Fsp3) is 0.188. The van der Waals surface area contributed by atoms with Gasteiger partial charge in [-0.1, -0.05) is 6.07 Å². The van der Waals surface area contributed by atoms with Crippen molar-refractivity contribution < 1.29 is 27.7 Å². The molecular weight excluding hydrogens is 348 g/mol. The summed E-state index contributed by atoms with van der Waals surface area (Å²) in [6.07, 6.45) is 1.17. The molecule has 134 valence electrons. The van der Waals surface area contributed by atoms with E-state index in [9.17, 15) is 13.5 Å². The van der Waals surface area contributed by atoms with Crippen LogP contribution in [0.4, 0.5) is 0 Å². The van der Waals surface area contributed by atoms with Crippen LogP contribution in [0.2, 0.25) is 0 Å². The summed E-state index contributed by atoms with van der Waals surface area (Å²) in [5.41, 5.74) is 0.295. The van der Waals surface area contributed by atoms with Gasteiger partial charge in [-0.05, 0) is 24.3 Å². The second-order valence-electron chi connectivity index (χ2n) is 4.77. The smallest absolute Gasteiger partial charge is 0.280 e. The number of methoxy groups -OCH3 is 3. The molecule has 0 aliphatic carbocycles. The number of nitrogens with zero attached hydrogens (tertiary/aromatic N) is 1. The van der Waals surface area contributed by atoms with E-state index in [1.807, 2.05) is 0 Å². The highest BCUT2D eigenvalue weighted by molar-refractivity contribution is 7.89. The standard InChI is InChI=1S/C16H18N2O6S/c1-22-12-7-8-15(14(9-12)24-3)25(20,21)18-17-10-11-5-4-6-13(23-2)16(11)19/h4-10,18-19H,1-3H3/b17-10+. The number of benzene rings is 2. The first-order chi connectivity index (χ1) is 11.9. The molecule has 0 saturated heterocycles. The van der Waals surface area contributed by atoms with Crippen molar-refractivity contribution >= 4 is 16.2 Å². The average Bonchev–Trinajstić information content (AvgIpc) is 2.62. The molecule has 2 aromatic rings. The number of aromatic hydroxyl groups is 1. The van der Waals surface area contributed by atoms with Crippen molar-refractivity contribution in [1.82, 2.24) is 4.83 Å². The number of hydrogen-bond acceptors (Lipinski definition) is 7. The SMILES string of the molecule is COc1ccc(S(=O)(=O)N/N=C/c2cccc(OC)c2O)c(OC)c1. The Morgan fingerprint density at radius 1 is 1.04 bits per heavy atom. The van der Waals surface area contributed by atoms with E-state index in [1.165, 1.54) is 45.7 Å². The quantitative estimate of drug-likeness (QED) is 0.571. The molecule has 2 aromatic carbocycles. The van der Waals surface area contributed by atoms with E-state index in [-0.39, 0.29) is 22.1 Å². The molecule has 2 rings (SSSR count). The van der Waals surface area contributed by atoms with Gasteiger partial charge < -0.3 is 19.3 Å². The summed E-state index contributed by atoms with van der Waals surface area (Å²) in [6, 6.07) is 9.06. The van der Waals surface area contributed by atoms with Gasteiger partial charge in [0.15, 0.2) is 11.5 Å². The number of phenols is 1. The van der Waals surface area contributed by atoms with Crippen molar-refractivity contribution in [2.45, 2.75) is 4.90 Å². The number of hydrogen-bond donors (Lipinski definition) is 2. The monoisotopic (exact) mass is 366 g/mol. The highest BCUT2D eigenvalue weighted by atomic mass is 32.2. The number of hydrazone groups is 1. The van der Waals surface area contributed by atoms with E-state index in [0.29, 0.717) is 11.3 Å². The van der Waals surface area contributed by atoms with Gasteiger partial charge in [-0.15, -0.1) is 0 Å². The van der Waals surface area contributed by atoms with Crippen molar-refractivity contribution in [3.8, 4) is 23.0 Å². The molecule has 0 aliphatic heterocycles. The molecule has 0 aliphatic rings. The molecule has 0 spiro atoms. The first kappa shape index (κ1) is 18.4. The maximum absolute atomic E-state index is 12.4. The number of sulfonamides is 1. The van der Waals surface area contributed by atoms with E-state index in [2.05, 4.69) is 9.93 Å². The Labute approximate surface area is 145 Å². The molecule has 0 fully saturated rings. The molecule has 9 heteroatoms. The molecule has 0 aromatic heterocycles. The lowest BCUT2D eigenvalue weighted by Gasteiger charge is -2.10. The molecule has 0 bridgehead atoms. The van der Waals surface area contributed by atoms with Crippen molar-refractivity contribution in [1.29, 1.82) is 0 Å². The summed E-state index contributed by atoms with van der Waals surface area (Å²) in [4.78, 5) is 1.97. The minimum atomic E-state index is -3.97. The van der Waals surface area contributed by atoms with Crippen LogP contribution in [-0.4, -0.2) is 41.1 Å². The average molecular weight is 366 g/mol. The summed E-state index contributed by atoms with van der Waals surface area (Å²) in [5.74, 6) is 0.686. The second kappa shape index (κ2) is 7.75. The van der Waals surface area contributed by atoms with Crippen LogP contribution < -0.4 is 19.0 Å². The van der Waals surface area contributed by atoms with Crippen LogP contribution in [0.25, 0.3) is 0 Å². The van der Waals surface area contributed by atoms with E-state index in [1.54, 1.807) is 18.2 Å². The molecule has 0 saturated carbocycles. The van der Waals surface area contributed by atoms with Gasteiger partial charge in [0.05, 0.1) is 27.5 Å². The second-order valence-corrected chi connectivity index (χ2v) is 6.40. The topological polar surface area (TPSA) is 106 Å². The number of rotatable bonds is 7. The fourth-order valence-corrected chi connectivity index (χ4v) is 2.96. The molecule has 0 radical (unpaired) electrons. The lowest BCUT2D eigenvalue weighted by molar-refractivity contribution is 0.373. The zero-order valence-corrected chi connectivity index (χ0v) is 14.7. The number of para-hydroxylation sites is 1. The van der Waals surface area contributed by atoms with E-state index < -0.39 is 10.0 Å². The van der Waals surface area contributed by atoms with Gasteiger partial charge in [-0.25, -0.2) is 0 Å². The fourth-order valence-electron chi connectivity index (χ4n) is 2.02. The highest BCUT2D eigenvalue weighted by Gasteiger charge is 2.19. The first-order valence-electron chi connectivity index (χ1n) is 7.05. The molecular formula is C16H18N2O6S. The number of nitrogens with one attached hydrogen (secondary N) is 1. The summed E-state index contributed by atoms with van der Waals surface area (Å²) >= 11 is 0. The van der Waals surface area contributed by atoms with Crippen molar-refractivity contribution in [3.63, 3.8) is 0 Å². The zero-order valence-electron chi connectivity index (χ0n) is 13.9. The number of phenolic OH excluding ortho intramolecular Hbond substituents is 1. The van der Waals surface area contributed by atoms with Crippen LogP contribution in [0.15, 0.2) is 46.4 Å². The highest BCUT2D eigenvalue weighted by Crippen LogP contribution is 2.29. The lowest BCUT2D eigenvalue weighted by Crippen LogP contribution is -2.19. The summed E-state index contributed by atoms with van der Waals surface area (Å²) < 4.78 is 39.8. The van der Waals surface area contributed by atoms with Gasteiger partial charge in [-0.2, -0.15) is 18.4 Å². The largest absolute Gasteiger partial charge is 0.504 e. The van der Waals surface area contributed by atoms with E-state index in [0.717, 1.165) is 0 Å². The first-order valence-corrected chi connectivity index (χ1v) is 8.54. The Balaban J connectivity index is 2.25. The van der Waals surface area contributed by atoms with Gasteiger partial charge in [0.25, 0.3) is 10.0 Å². The Bertz CT molecular complexity index is 880. The maximum atomic E-state index is 12.4. The molecule has 2 N–H and O–H groups in total. The van der Waals surface area contributed by atoms with Crippen LogP contribution >= 0.6 is 0 Å². The van der Waals surface area contributed by atoms with Crippen LogP contribution in [-0.2, 0) is 10.0 Å². The van der Waals surface area contributed by atoms with E-state index >= 15 is 0 Å². The molecule has 25 heavy (non-hydrogen) atoms. The summed E-state index contributed by atoms with van der Waals surface area (Å²) in [5, 5.41) is 13.6. The Morgan fingerprint density at radius 2 is 1.76 bits per heavy atom. The van der Waals surface area contributed by atoms with Gasteiger partial charge in [0.2, 0.25) is 0 Å². The van der Waals surface area contributed by atoms with E-state index in [4.69, 9.17) is 14.2 Å². The van der Waals surface area contributed by atoms with Crippen LogP contribution in [0.5, 0.6) is 23.0 Å². The maximum Gasteiger partial charge on any atom is 0.280 e. The normalized spacial score (nSPS) is 11.3. The van der Waals surface area contributed by atoms with Gasteiger partial charge in [0, 0.05) is 11.6 Å². The molecule has 0 unspecified atom stereocenters.